The molecule has 0 saturated heterocycles. The normalized spacial score (nSPS) is 11.6. The van der Waals surface area contributed by atoms with E-state index in [2.05, 4.69) is 204 Å². The summed E-state index contributed by atoms with van der Waals surface area (Å²) in [6.45, 7) is 0. The fraction of sp³-hybridized carbons (Fsp3) is 0. The topological polar surface area (TPSA) is 30.7 Å². The van der Waals surface area contributed by atoms with Crippen molar-refractivity contribution in [3.05, 3.63) is 199 Å². The van der Waals surface area contributed by atoms with E-state index in [0.717, 1.165) is 59.4 Å². The van der Waals surface area contributed by atoms with Crippen LogP contribution in [0.1, 0.15) is 0 Å². The van der Waals surface area contributed by atoms with Gasteiger partial charge in [-0.15, -0.1) is 11.3 Å². The lowest BCUT2D eigenvalue weighted by Crippen LogP contribution is -1.96. The third-order valence-electron chi connectivity index (χ3n) is 11.0. The van der Waals surface area contributed by atoms with E-state index in [1.165, 1.54) is 44.2 Å². The molecule has 0 aliphatic carbocycles. The van der Waals surface area contributed by atoms with Crippen LogP contribution in [0.25, 0.3) is 104 Å². The van der Waals surface area contributed by atoms with Gasteiger partial charge in [-0.1, -0.05) is 164 Å². The van der Waals surface area contributed by atoms with Gasteiger partial charge < -0.3 is 4.57 Å². The van der Waals surface area contributed by atoms with E-state index in [-0.39, 0.29) is 5.28 Å². The summed E-state index contributed by atoms with van der Waals surface area (Å²) in [5.41, 5.74) is 14.6. The van der Waals surface area contributed by atoms with Gasteiger partial charge in [0.1, 0.15) is 4.83 Å². The summed E-state index contributed by atoms with van der Waals surface area (Å²) in [6, 6.07) is 69.6. The summed E-state index contributed by atoms with van der Waals surface area (Å²) < 4.78 is 3.58. The van der Waals surface area contributed by atoms with Gasteiger partial charge in [0.2, 0.25) is 5.28 Å². The molecule has 0 aliphatic heterocycles. The van der Waals surface area contributed by atoms with Gasteiger partial charge in [-0.25, -0.2) is 9.97 Å². The Bertz CT molecular complexity index is 3170. The molecule has 0 amide bonds. The SMILES string of the molecule is Clc1nc(-c2cccc(-n3c4cc(-c5ccccc5-c5ccccc5)ccc4c4ccc(-c5ccccc5-c5ccccc5)cc43)c2)c2c(n1)sc1ccccc12. The van der Waals surface area contributed by atoms with Crippen LogP contribution in [0.5, 0.6) is 0 Å². The molecule has 5 heteroatoms. The van der Waals surface area contributed by atoms with Gasteiger partial charge in [0.15, 0.2) is 0 Å². The Morgan fingerprint density at radius 3 is 1.51 bits per heavy atom. The number of nitrogens with zero attached hydrogens (tertiary/aromatic N) is 3. The molecule has 8 aromatic carbocycles. The number of rotatable bonds is 6. The van der Waals surface area contributed by atoms with Crippen LogP contribution in [0, 0.1) is 0 Å². The van der Waals surface area contributed by atoms with Gasteiger partial charge >= 0.3 is 0 Å². The van der Waals surface area contributed by atoms with Crippen LogP contribution in [-0.4, -0.2) is 14.5 Å². The maximum atomic E-state index is 6.64. The van der Waals surface area contributed by atoms with Crippen LogP contribution in [0.15, 0.2) is 194 Å². The van der Waals surface area contributed by atoms with E-state index in [4.69, 9.17) is 16.6 Å². The molecule has 268 valence electrons. The van der Waals surface area contributed by atoms with Crippen molar-refractivity contribution in [2.24, 2.45) is 0 Å². The van der Waals surface area contributed by atoms with Crippen molar-refractivity contribution >= 4 is 65.0 Å². The number of hydrogen-bond donors (Lipinski definition) is 0. The molecule has 0 bridgehead atoms. The van der Waals surface area contributed by atoms with Gasteiger partial charge in [0.05, 0.1) is 16.7 Å². The molecule has 0 unspecified atom stereocenters. The summed E-state index contributed by atoms with van der Waals surface area (Å²) in [5, 5.41) is 4.79. The monoisotopic (exact) mass is 765 g/mol. The fourth-order valence-electron chi connectivity index (χ4n) is 8.44. The zero-order valence-corrected chi connectivity index (χ0v) is 32.2. The number of halogens is 1. The van der Waals surface area contributed by atoms with Crippen molar-refractivity contribution in [1.29, 1.82) is 0 Å². The first kappa shape index (κ1) is 33.5. The zero-order valence-electron chi connectivity index (χ0n) is 30.6. The molecule has 3 aromatic heterocycles. The minimum Gasteiger partial charge on any atom is -0.309 e. The Morgan fingerprint density at radius 1 is 0.404 bits per heavy atom. The van der Waals surface area contributed by atoms with Gasteiger partial charge in [0.25, 0.3) is 0 Å². The second-order valence-electron chi connectivity index (χ2n) is 14.3. The van der Waals surface area contributed by atoms with Gasteiger partial charge in [-0.2, -0.15) is 0 Å². The van der Waals surface area contributed by atoms with E-state index in [1.54, 1.807) is 11.3 Å². The minimum absolute atomic E-state index is 0.245. The van der Waals surface area contributed by atoms with Crippen molar-refractivity contribution in [2.75, 3.05) is 0 Å². The molecular formula is C52H32ClN3S. The molecular weight excluding hydrogens is 734 g/mol. The summed E-state index contributed by atoms with van der Waals surface area (Å²) in [5.74, 6) is 0. The Labute approximate surface area is 338 Å². The highest BCUT2D eigenvalue weighted by Gasteiger charge is 2.20. The number of thiophene rings is 1. The molecule has 0 atom stereocenters. The summed E-state index contributed by atoms with van der Waals surface area (Å²) in [4.78, 5) is 10.4. The molecule has 11 aromatic rings. The second-order valence-corrected chi connectivity index (χ2v) is 15.7. The molecule has 3 heterocycles. The standard InChI is InChI=1S/C52H32ClN3S/c53-52-54-50(49-45-24-11-12-25-48(45)57-51(49)55-52)37-18-13-19-38(30-37)56-46-31-35(41-22-9-7-20-39(41)33-14-3-1-4-15-33)26-28-43(46)44-29-27-36(32-47(44)56)42-23-10-8-21-40(42)34-16-5-2-6-17-34/h1-32H. The first-order valence-corrected chi connectivity index (χ1v) is 20.2. The molecule has 0 radical (unpaired) electrons. The molecule has 57 heavy (non-hydrogen) atoms. The van der Waals surface area contributed by atoms with Crippen LogP contribution < -0.4 is 0 Å². The Balaban J connectivity index is 1.17. The number of fused-ring (bicyclic) bond motifs is 6. The van der Waals surface area contributed by atoms with Crippen molar-refractivity contribution in [3.8, 4) is 61.5 Å². The predicted octanol–water partition coefficient (Wildman–Crippen LogP) is 14.9. The minimum atomic E-state index is 0.245. The summed E-state index contributed by atoms with van der Waals surface area (Å²) in [7, 11) is 0. The van der Waals surface area contributed by atoms with E-state index in [1.807, 2.05) is 0 Å². The number of hydrogen-bond acceptors (Lipinski definition) is 3. The second kappa shape index (κ2) is 13.7. The van der Waals surface area contributed by atoms with E-state index in [0.29, 0.717) is 0 Å². The van der Waals surface area contributed by atoms with Crippen LogP contribution in [0.3, 0.4) is 0 Å². The molecule has 11 rings (SSSR count). The Kier molecular flexibility index (Phi) is 8.06. The quantitative estimate of drug-likeness (QED) is 0.158. The Hall–Kier alpha value is -6.85. The van der Waals surface area contributed by atoms with Gasteiger partial charge in [-0.05, 0) is 86.4 Å². The number of benzene rings is 8. The largest absolute Gasteiger partial charge is 0.309 e. The average Bonchev–Trinajstić information content (AvgIpc) is 3.81. The molecule has 0 N–H and O–H groups in total. The maximum Gasteiger partial charge on any atom is 0.224 e. The molecule has 0 aliphatic rings. The molecule has 0 saturated carbocycles. The van der Waals surface area contributed by atoms with E-state index >= 15 is 0 Å². The average molecular weight is 766 g/mol. The molecule has 3 nitrogen and oxygen atoms in total. The highest BCUT2D eigenvalue weighted by Crippen LogP contribution is 2.43. The van der Waals surface area contributed by atoms with Gasteiger partial charge in [0, 0.05) is 37.5 Å². The third kappa shape index (κ3) is 5.73. The van der Waals surface area contributed by atoms with Crippen molar-refractivity contribution in [3.63, 3.8) is 0 Å². The lowest BCUT2D eigenvalue weighted by Gasteiger charge is -2.14. The highest BCUT2D eigenvalue weighted by molar-refractivity contribution is 7.25. The summed E-state index contributed by atoms with van der Waals surface area (Å²) in [6.07, 6.45) is 0. The zero-order chi connectivity index (χ0) is 37.9. The van der Waals surface area contributed by atoms with Crippen LogP contribution in [-0.2, 0) is 0 Å². The lowest BCUT2D eigenvalue weighted by atomic mass is 9.93. The first-order valence-electron chi connectivity index (χ1n) is 19.0. The van der Waals surface area contributed by atoms with Crippen LogP contribution >= 0.6 is 22.9 Å². The smallest absolute Gasteiger partial charge is 0.224 e. The maximum absolute atomic E-state index is 6.64. The van der Waals surface area contributed by atoms with Crippen molar-refractivity contribution < 1.29 is 0 Å². The highest BCUT2D eigenvalue weighted by atomic mass is 35.5. The first-order chi connectivity index (χ1) is 28.2. The predicted molar refractivity (Wildman–Crippen MR) is 241 cm³/mol. The van der Waals surface area contributed by atoms with Crippen LogP contribution in [0.4, 0.5) is 0 Å². The van der Waals surface area contributed by atoms with Crippen LogP contribution in [0.2, 0.25) is 5.28 Å². The van der Waals surface area contributed by atoms with E-state index < -0.39 is 0 Å². The lowest BCUT2D eigenvalue weighted by molar-refractivity contribution is 1.18. The molecule has 0 fully saturated rings. The third-order valence-corrected chi connectivity index (χ3v) is 12.2. The molecule has 0 spiro atoms. The number of aromatic nitrogens is 3. The van der Waals surface area contributed by atoms with Gasteiger partial charge in [-0.3, -0.25) is 0 Å². The summed E-state index contributed by atoms with van der Waals surface area (Å²) >= 11 is 8.29. The van der Waals surface area contributed by atoms with Crippen molar-refractivity contribution in [2.45, 2.75) is 0 Å². The Morgan fingerprint density at radius 2 is 0.912 bits per heavy atom. The van der Waals surface area contributed by atoms with E-state index in [9.17, 15) is 0 Å². The van der Waals surface area contributed by atoms with Crippen molar-refractivity contribution in [1.82, 2.24) is 14.5 Å². The fourth-order valence-corrected chi connectivity index (χ4v) is 9.73.